The van der Waals surface area contributed by atoms with Crippen molar-refractivity contribution in [2.75, 3.05) is 19.8 Å². The van der Waals surface area contributed by atoms with E-state index in [1.165, 1.54) is 12.8 Å². The van der Waals surface area contributed by atoms with Crippen LogP contribution in [0.2, 0.25) is 0 Å². The molecule has 0 radical (unpaired) electrons. The Morgan fingerprint density at radius 1 is 1.36 bits per heavy atom. The number of hydrogen-bond acceptors (Lipinski definition) is 3. The van der Waals surface area contributed by atoms with Crippen LogP contribution in [-0.4, -0.2) is 36.0 Å². The highest BCUT2D eigenvalue weighted by Crippen LogP contribution is 2.21. The highest BCUT2D eigenvalue weighted by Gasteiger charge is 2.27. The molecule has 0 heterocycles. The highest BCUT2D eigenvalue weighted by atomic mass is 16.3. The molecular weight excluding hydrogens is 142 g/mol. The minimum absolute atomic E-state index is 0.0449. The van der Waals surface area contributed by atoms with Gasteiger partial charge in [-0.25, -0.2) is 0 Å². The van der Waals surface area contributed by atoms with Gasteiger partial charge in [0.25, 0.3) is 0 Å². The lowest BCUT2D eigenvalue weighted by atomic mass is 9.93. The van der Waals surface area contributed by atoms with Crippen LogP contribution in [-0.2, 0) is 0 Å². The largest absolute Gasteiger partial charge is 0.396 e. The summed E-state index contributed by atoms with van der Waals surface area (Å²) in [5.41, 5.74) is -0.345. The Kier molecular flexibility index (Phi) is 2.87. The fraction of sp³-hybridized carbons (Fsp3) is 1.00. The Balaban J connectivity index is 2.18. The van der Waals surface area contributed by atoms with E-state index < -0.39 is 0 Å². The van der Waals surface area contributed by atoms with Crippen molar-refractivity contribution in [3.8, 4) is 0 Å². The summed E-state index contributed by atoms with van der Waals surface area (Å²) in [6.45, 7) is 2.68. The molecule has 0 saturated heterocycles. The first kappa shape index (κ1) is 8.97. The van der Waals surface area contributed by atoms with Gasteiger partial charge in [-0.2, -0.15) is 0 Å². The number of aliphatic hydroxyl groups is 2. The first-order valence-electron chi connectivity index (χ1n) is 4.15. The Morgan fingerprint density at radius 2 is 1.91 bits per heavy atom. The minimum Gasteiger partial charge on any atom is -0.396 e. The van der Waals surface area contributed by atoms with E-state index in [0.29, 0.717) is 12.6 Å². The van der Waals surface area contributed by atoms with Crippen molar-refractivity contribution in [2.45, 2.75) is 25.8 Å². The second kappa shape index (κ2) is 3.52. The summed E-state index contributed by atoms with van der Waals surface area (Å²) in [7, 11) is 0. The smallest absolute Gasteiger partial charge is 0.0518 e. The summed E-state index contributed by atoms with van der Waals surface area (Å²) in [6, 6.07) is 0.646. The number of aliphatic hydroxyl groups excluding tert-OH is 2. The first-order valence-corrected chi connectivity index (χ1v) is 4.15. The third-order valence-corrected chi connectivity index (χ3v) is 2.16. The van der Waals surface area contributed by atoms with Gasteiger partial charge in [-0.1, -0.05) is 6.92 Å². The lowest BCUT2D eigenvalue weighted by Gasteiger charge is -2.24. The lowest BCUT2D eigenvalue weighted by molar-refractivity contribution is 0.0695. The van der Waals surface area contributed by atoms with E-state index in [2.05, 4.69) is 5.32 Å². The molecular formula is C8H17NO2. The van der Waals surface area contributed by atoms with Gasteiger partial charge < -0.3 is 15.5 Å². The fourth-order valence-electron chi connectivity index (χ4n) is 0.840. The molecule has 1 rings (SSSR count). The number of hydrogen-bond donors (Lipinski definition) is 3. The standard InChI is InChI=1S/C8H17NO2/c1-8(5-10,6-11)4-9-7-2-3-7/h7,9-11H,2-6H2,1H3. The van der Waals surface area contributed by atoms with E-state index in [9.17, 15) is 0 Å². The molecule has 3 heteroatoms. The topological polar surface area (TPSA) is 52.5 Å². The molecule has 1 saturated carbocycles. The molecule has 1 fully saturated rings. The molecule has 66 valence electrons. The Morgan fingerprint density at radius 3 is 2.27 bits per heavy atom. The van der Waals surface area contributed by atoms with E-state index >= 15 is 0 Å². The van der Waals surface area contributed by atoms with Crippen LogP contribution in [0.25, 0.3) is 0 Å². The average Bonchev–Trinajstić information content (AvgIpc) is 2.83. The molecule has 0 aliphatic heterocycles. The van der Waals surface area contributed by atoms with Gasteiger partial charge in [0.15, 0.2) is 0 Å². The molecule has 0 amide bonds. The van der Waals surface area contributed by atoms with E-state index in [-0.39, 0.29) is 18.6 Å². The molecule has 3 N–H and O–H groups in total. The van der Waals surface area contributed by atoms with Gasteiger partial charge in [-0.15, -0.1) is 0 Å². The van der Waals surface area contributed by atoms with E-state index in [1.54, 1.807) is 0 Å². The van der Waals surface area contributed by atoms with Gasteiger partial charge >= 0.3 is 0 Å². The van der Waals surface area contributed by atoms with Crippen LogP contribution < -0.4 is 5.32 Å². The van der Waals surface area contributed by atoms with Crippen LogP contribution >= 0.6 is 0 Å². The summed E-state index contributed by atoms with van der Waals surface area (Å²) in [5, 5.41) is 21.1. The second-order valence-electron chi connectivity index (χ2n) is 3.78. The van der Waals surface area contributed by atoms with Crippen molar-refractivity contribution in [3.63, 3.8) is 0 Å². The summed E-state index contributed by atoms with van der Waals surface area (Å²) in [4.78, 5) is 0. The minimum atomic E-state index is -0.345. The first-order chi connectivity index (χ1) is 5.20. The van der Waals surface area contributed by atoms with Crippen molar-refractivity contribution >= 4 is 0 Å². The van der Waals surface area contributed by atoms with Crippen LogP contribution in [0.5, 0.6) is 0 Å². The van der Waals surface area contributed by atoms with Gasteiger partial charge in [0, 0.05) is 18.0 Å². The van der Waals surface area contributed by atoms with Crippen LogP contribution in [0.15, 0.2) is 0 Å². The zero-order chi connectivity index (χ0) is 8.32. The summed E-state index contributed by atoms with van der Waals surface area (Å²) in [5.74, 6) is 0. The maximum atomic E-state index is 8.92. The summed E-state index contributed by atoms with van der Waals surface area (Å²) < 4.78 is 0. The Hall–Kier alpha value is -0.120. The summed E-state index contributed by atoms with van der Waals surface area (Å²) >= 11 is 0. The zero-order valence-electron chi connectivity index (χ0n) is 7.01. The Bertz CT molecular complexity index is 119. The molecule has 0 aromatic carbocycles. The molecule has 0 atom stereocenters. The molecule has 3 nitrogen and oxygen atoms in total. The quantitative estimate of drug-likeness (QED) is 0.517. The zero-order valence-corrected chi connectivity index (χ0v) is 7.01. The van der Waals surface area contributed by atoms with Crippen molar-refractivity contribution in [1.82, 2.24) is 5.32 Å². The third kappa shape index (κ3) is 2.77. The molecule has 0 spiro atoms. The van der Waals surface area contributed by atoms with Crippen molar-refractivity contribution in [1.29, 1.82) is 0 Å². The molecule has 0 bridgehead atoms. The maximum absolute atomic E-state index is 8.92. The summed E-state index contributed by atoms with van der Waals surface area (Å²) in [6.07, 6.45) is 2.49. The average molecular weight is 159 g/mol. The van der Waals surface area contributed by atoms with Crippen molar-refractivity contribution < 1.29 is 10.2 Å². The normalized spacial score (nSPS) is 18.8. The van der Waals surface area contributed by atoms with Gasteiger partial charge in [-0.05, 0) is 12.8 Å². The molecule has 1 aliphatic carbocycles. The predicted octanol–water partition coefficient (Wildman–Crippen LogP) is -0.271. The van der Waals surface area contributed by atoms with Gasteiger partial charge in [0.05, 0.1) is 13.2 Å². The SMILES string of the molecule is CC(CO)(CO)CNC1CC1. The van der Waals surface area contributed by atoms with Crippen LogP contribution in [0.1, 0.15) is 19.8 Å². The predicted molar refractivity (Wildman–Crippen MR) is 43.3 cm³/mol. The molecule has 11 heavy (non-hydrogen) atoms. The van der Waals surface area contributed by atoms with Crippen LogP contribution in [0.3, 0.4) is 0 Å². The lowest BCUT2D eigenvalue weighted by Crippen LogP contribution is -2.38. The van der Waals surface area contributed by atoms with Gasteiger partial charge in [0.2, 0.25) is 0 Å². The second-order valence-corrected chi connectivity index (χ2v) is 3.78. The van der Waals surface area contributed by atoms with Crippen LogP contribution in [0, 0.1) is 5.41 Å². The van der Waals surface area contributed by atoms with E-state index in [4.69, 9.17) is 10.2 Å². The maximum Gasteiger partial charge on any atom is 0.0518 e. The third-order valence-electron chi connectivity index (χ3n) is 2.16. The fourth-order valence-corrected chi connectivity index (χ4v) is 0.840. The monoisotopic (exact) mass is 159 g/mol. The molecule has 0 unspecified atom stereocenters. The number of rotatable bonds is 5. The van der Waals surface area contributed by atoms with Crippen molar-refractivity contribution in [3.05, 3.63) is 0 Å². The van der Waals surface area contributed by atoms with Gasteiger partial charge in [0.1, 0.15) is 0 Å². The van der Waals surface area contributed by atoms with Crippen molar-refractivity contribution in [2.24, 2.45) is 5.41 Å². The van der Waals surface area contributed by atoms with Crippen LogP contribution in [0.4, 0.5) is 0 Å². The van der Waals surface area contributed by atoms with E-state index in [0.717, 1.165) is 0 Å². The highest BCUT2D eigenvalue weighted by molar-refractivity contribution is 4.85. The van der Waals surface area contributed by atoms with Gasteiger partial charge in [-0.3, -0.25) is 0 Å². The molecule has 0 aromatic rings. The Labute approximate surface area is 67.4 Å². The molecule has 1 aliphatic rings. The van der Waals surface area contributed by atoms with E-state index in [1.807, 2.05) is 6.92 Å². The number of nitrogens with one attached hydrogen (secondary N) is 1. The molecule has 0 aromatic heterocycles.